The number of aromatic nitrogens is 4. The fourth-order valence-corrected chi connectivity index (χ4v) is 3.91. The number of nitrogen functional groups attached to an aromatic ring is 1. The Hall–Kier alpha value is -2.64. The molecule has 3 atom stereocenters. The average molecular weight is 372 g/mol. The van der Waals surface area contributed by atoms with Crippen molar-refractivity contribution in [3.63, 3.8) is 0 Å². The Morgan fingerprint density at radius 1 is 1.33 bits per heavy atom. The summed E-state index contributed by atoms with van der Waals surface area (Å²) in [6.07, 6.45) is 7.24. The van der Waals surface area contributed by atoms with Gasteiger partial charge >= 0.3 is 5.97 Å². The highest BCUT2D eigenvalue weighted by atomic mass is 16.6. The predicted octanol–water partition coefficient (Wildman–Crippen LogP) is 2.30. The SMILES string of the molecule is C[C@H]1CN(c2ccncc2N)C[C@@H](CC(=O)OC(C)(C)C)[C@H]1n1ccnn1. The monoisotopic (exact) mass is 372 g/mol. The van der Waals surface area contributed by atoms with Gasteiger partial charge in [0, 0.05) is 31.4 Å². The number of hydrogen-bond donors (Lipinski definition) is 1. The van der Waals surface area contributed by atoms with Gasteiger partial charge in [0.25, 0.3) is 0 Å². The molecule has 0 radical (unpaired) electrons. The van der Waals surface area contributed by atoms with Crippen molar-refractivity contribution in [3.05, 3.63) is 30.9 Å². The first kappa shape index (κ1) is 19.1. The first-order valence-electron chi connectivity index (χ1n) is 9.26. The van der Waals surface area contributed by atoms with E-state index in [-0.39, 0.29) is 23.8 Å². The maximum absolute atomic E-state index is 12.5. The van der Waals surface area contributed by atoms with E-state index < -0.39 is 5.60 Å². The zero-order valence-electron chi connectivity index (χ0n) is 16.4. The second-order valence-corrected chi connectivity index (χ2v) is 8.24. The van der Waals surface area contributed by atoms with Gasteiger partial charge in [0.1, 0.15) is 5.60 Å². The molecule has 0 bridgehead atoms. The van der Waals surface area contributed by atoms with Crippen LogP contribution in [0.4, 0.5) is 11.4 Å². The second kappa shape index (κ2) is 7.54. The molecule has 1 aliphatic rings. The summed E-state index contributed by atoms with van der Waals surface area (Å²) in [7, 11) is 0. The van der Waals surface area contributed by atoms with Crippen LogP contribution in [0.15, 0.2) is 30.9 Å². The van der Waals surface area contributed by atoms with Gasteiger partial charge in [0.15, 0.2) is 0 Å². The van der Waals surface area contributed by atoms with Crippen LogP contribution in [0.3, 0.4) is 0 Å². The van der Waals surface area contributed by atoms with E-state index in [9.17, 15) is 4.79 Å². The fourth-order valence-electron chi connectivity index (χ4n) is 3.91. The van der Waals surface area contributed by atoms with Crippen LogP contribution in [-0.2, 0) is 9.53 Å². The van der Waals surface area contributed by atoms with Gasteiger partial charge in [-0.3, -0.25) is 9.78 Å². The molecular weight excluding hydrogens is 344 g/mol. The lowest BCUT2D eigenvalue weighted by molar-refractivity contribution is -0.156. The summed E-state index contributed by atoms with van der Waals surface area (Å²) < 4.78 is 7.44. The summed E-state index contributed by atoms with van der Waals surface area (Å²) in [4.78, 5) is 18.8. The van der Waals surface area contributed by atoms with Crippen LogP contribution in [0.25, 0.3) is 0 Å². The van der Waals surface area contributed by atoms with Crippen molar-refractivity contribution >= 4 is 17.3 Å². The lowest BCUT2D eigenvalue weighted by atomic mass is 9.82. The number of ether oxygens (including phenoxy) is 1. The number of nitrogens with two attached hydrogens (primary N) is 1. The minimum absolute atomic E-state index is 0.0258. The molecule has 3 rings (SSSR count). The zero-order valence-corrected chi connectivity index (χ0v) is 16.4. The molecule has 2 aromatic rings. The van der Waals surface area contributed by atoms with Crippen molar-refractivity contribution in [1.29, 1.82) is 0 Å². The lowest BCUT2D eigenvalue weighted by Gasteiger charge is -2.43. The number of carbonyl (C=O) groups is 1. The molecule has 1 aliphatic heterocycles. The summed E-state index contributed by atoms with van der Waals surface area (Å²) in [5.41, 5.74) is 7.21. The Labute approximate surface area is 159 Å². The molecule has 1 fully saturated rings. The van der Waals surface area contributed by atoms with E-state index in [0.29, 0.717) is 18.7 Å². The van der Waals surface area contributed by atoms with Gasteiger partial charge in [-0.05, 0) is 32.8 Å². The minimum Gasteiger partial charge on any atom is -0.460 e. The van der Waals surface area contributed by atoms with Gasteiger partial charge in [-0.15, -0.1) is 5.10 Å². The second-order valence-electron chi connectivity index (χ2n) is 8.24. The molecule has 8 heteroatoms. The quantitative estimate of drug-likeness (QED) is 0.822. The summed E-state index contributed by atoms with van der Waals surface area (Å²) in [6, 6.07) is 1.99. The topological polar surface area (TPSA) is 99.2 Å². The first-order chi connectivity index (χ1) is 12.7. The number of nitrogens with zero attached hydrogens (tertiary/aromatic N) is 5. The predicted molar refractivity (Wildman–Crippen MR) is 103 cm³/mol. The highest BCUT2D eigenvalue weighted by molar-refractivity contribution is 5.71. The van der Waals surface area contributed by atoms with Gasteiger partial charge in [-0.25, -0.2) is 4.68 Å². The summed E-state index contributed by atoms with van der Waals surface area (Å²) >= 11 is 0. The van der Waals surface area contributed by atoms with E-state index in [1.807, 2.05) is 37.7 Å². The van der Waals surface area contributed by atoms with Gasteiger partial charge < -0.3 is 15.4 Å². The number of anilines is 2. The van der Waals surface area contributed by atoms with Gasteiger partial charge in [-0.2, -0.15) is 0 Å². The minimum atomic E-state index is -0.505. The van der Waals surface area contributed by atoms with Crippen LogP contribution in [-0.4, -0.2) is 44.6 Å². The largest absolute Gasteiger partial charge is 0.460 e. The Morgan fingerprint density at radius 2 is 2.11 bits per heavy atom. The molecule has 146 valence electrons. The van der Waals surface area contributed by atoms with Crippen molar-refractivity contribution < 1.29 is 9.53 Å². The Balaban J connectivity index is 1.85. The number of rotatable bonds is 4. The number of hydrogen-bond acceptors (Lipinski definition) is 7. The lowest BCUT2D eigenvalue weighted by Crippen LogP contribution is -2.47. The molecule has 0 aliphatic carbocycles. The van der Waals surface area contributed by atoms with Crippen LogP contribution >= 0.6 is 0 Å². The molecule has 0 spiro atoms. The summed E-state index contributed by atoms with van der Waals surface area (Å²) in [6.45, 7) is 9.30. The Morgan fingerprint density at radius 3 is 2.74 bits per heavy atom. The number of carbonyl (C=O) groups excluding carboxylic acids is 1. The number of pyridine rings is 1. The Kier molecular flexibility index (Phi) is 5.34. The van der Waals surface area contributed by atoms with Crippen LogP contribution in [0.2, 0.25) is 0 Å². The summed E-state index contributed by atoms with van der Waals surface area (Å²) in [5.74, 6) is 0.0766. The standard InChI is InChI=1S/C19H28N6O2/c1-13-11-24(16-5-6-21-10-15(16)20)12-14(9-17(26)27-19(2,3)4)18(13)25-8-7-22-23-25/h5-8,10,13-14,18H,9,11-12,20H2,1-4H3/t13-,14+,18-/m0/s1. The van der Waals surface area contributed by atoms with E-state index in [4.69, 9.17) is 10.5 Å². The molecule has 0 unspecified atom stereocenters. The molecule has 3 heterocycles. The van der Waals surface area contributed by atoms with Gasteiger partial charge in [0.2, 0.25) is 0 Å². The van der Waals surface area contributed by atoms with Gasteiger partial charge in [0.05, 0.1) is 36.2 Å². The van der Waals surface area contributed by atoms with Crippen LogP contribution in [0.5, 0.6) is 0 Å². The molecule has 2 aromatic heterocycles. The molecule has 0 saturated carbocycles. The molecule has 8 nitrogen and oxygen atoms in total. The molecule has 2 N–H and O–H groups in total. The van der Waals surface area contributed by atoms with E-state index in [1.165, 1.54) is 0 Å². The number of esters is 1. The molecular formula is C19H28N6O2. The zero-order chi connectivity index (χ0) is 19.6. The molecule has 0 aromatic carbocycles. The van der Waals surface area contributed by atoms with E-state index in [1.54, 1.807) is 18.6 Å². The highest BCUT2D eigenvalue weighted by Crippen LogP contribution is 2.38. The van der Waals surface area contributed by atoms with Gasteiger partial charge in [-0.1, -0.05) is 12.1 Å². The highest BCUT2D eigenvalue weighted by Gasteiger charge is 2.38. The summed E-state index contributed by atoms with van der Waals surface area (Å²) in [5, 5.41) is 8.15. The maximum Gasteiger partial charge on any atom is 0.306 e. The smallest absolute Gasteiger partial charge is 0.306 e. The van der Waals surface area contributed by atoms with Crippen molar-refractivity contribution in [2.75, 3.05) is 23.7 Å². The molecule has 0 amide bonds. The van der Waals surface area contributed by atoms with Crippen LogP contribution < -0.4 is 10.6 Å². The van der Waals surface area contributed by atoms with Crippen molar-refractivity contribution in [1.82, 2.24) is 20.0 Å². The van der Waals surface area contributed by atoms with E-state index >= 15 is 0 Å². The first-order valence-corrected chi connectivity index (χ1v) is 9.26. The maximum atomic E-state index is 12.5. The number of piperidine rings is 1. The van der Waals surface area contributed by atoms with Crippen molar-refractivity contribution in [2.45, 2.75) is 45.8 Å². The fraction of sp³-hybridized carbons (Fsp3) is 0.579. The van der Waals surface area contributed by atoms with Crippen molar-refractivity contribution in [3.8, 4) is 0 Å². The normalized spacial score (nSPS) is 23.3. The van der Waals surface area contributed by atoms with E-state index in [0.717, 1.165) is 12.2 Å². The van der Waals surface area contributed by atoms with Crippen LogP contribution in [0, 0.1) is 11.8 Å². The third-order valence-corrected chi connectivity index (χ3v) is 4.79. The van der Waals surface area contributed by atoms with Crippen molar-refractivity contribution in [2.24, 2.45) is 11.8 Å². The van der Waals surface area contributed by atoms with E-state index in [2.05, 4.69) is 27.1 Å². The average Bonchev–Trinajstić information content (AvgIpc) is 3.07. The van der Waals surface area contributed by atoms with Crippen LogP contribution in [0.1, 0.15) is 40.2 Å². The molecule has 27 heavy (non-hydrogen) atoms. The Bertz CT molecular complexity index is 771. The third kappa shape index (κ3) is 4.56. The molecule has 1 saturated heterocycles. The third-order valence-electron chi connectivity index (χ3n) is 4.79.